The molecule has 4 saturated heterocycles. The molecule has 0 aliphatic carbocycles. The standard InChI is InChI=1S/C48H68O10Si/c1-8-9-20-35-38(26-42-41(53-35)28-45-47(57-42)32(2)21-24-51-45)56-46(49)29-43-44(58-59(6,7)48(3,4)5)27-40-39(55-43)25-37(52-31-34-18-14-11-15-19-34)36(54-40)22-23-50-30-33-16-12-10-13-17-33/h8-19,21,35-45,47H,20,22-31H2,1-7H3/b9-8-/t35-,36-,37+,38+,39-,40+,41+,42-,43+,44-,45-,47+/m0/s1. The third kappa shape index (κ3) is 11.4. The number of carbonyl (C=O) groups is 1. The fraction of sp³-hybridized carbons (Fsp3) is 0.646. The van der Waals surface area contributed by atoms with Crippen molar-refractivity contribution in [2.24, 2.45) is 0 Å². The molecule has 0 saturated carbocycles. The smallest absolute Gasteiger partial charge is 0.308 e. The fourth-order valence-corrected chi connectivity index (χ4v) is 10.2. The van der Waals surface area contributed by atoms with E-state index < -0.39 is 20.5 Å². The number of fused-ring (bicyclic) bond motifs is 3. The van der Waals surface area contributed by atoms with Crippen molar-refractivity contribution >= 4 is 14.3 Å². The van der Waals surface area contributed by atoms with Crippen molar-refractivity contribution in [2.75, 3.05) is 13.2 Å². The van der Waals surface area contributed by atoms with Crippen LogP contribution in [0.5, 0.6) is 0 Å². The van der Waals surface area contributed by atoms with E-state index in [1.807, 2.05) is 49.4 Å². The molecule has 0 amide bonds. The Balaban J connectivity index is 1.05. The number of allylic oxidation sites excluding steroid dienone is 1. The summed E-state index contributed by atoms with van der Waals surface area (Å²) < 4.78 is 59.5. The molecule has 5 aliphatic rings. The monoisotopic (exact) mass is 832 g/mol. The number of benzene rings is 2. The van der Waals surface area contributed by atoms with E-state index in [-0.39, 0.29) is 78.5 Å². The fourth-order valence-electron chi connectivity index (χ4n) is 8.87. The maximum Gasteiger partial charge on any atom is 0.308 e. The zero-order valence-corrected chi connectivity index (χ0v) is 37.3. The molecule has 12 atom stereocenters. The summed E-state index contributed by atoms with van der Waals surface area (Å²) in [6.45, 7) is 17.5. The van der Waals surface area contributed by atoms with Crippen LogP contribution in [0.2, 0.25) is 18.1 Å². The first kappa shape index (κ1) is 44.3. The second kappa shape index (κ2) is 20.0. The van der Waals surface area contributed by atoms with E-state index in [1.54, 1.807) is 0 Å². The molecule has 0 unspecified atom stereocenters. The van der Waals surface area contributed by atoms with Crippen molar-refractivity contribution in [3.63, 3.8) is 0 Å². The Labute approximate surface area is 353 Å². The Morgan fingerprint density at radius 1 is 0.763 bits per heavy atom. The lowest BCUT2D eigenvalue weighted by atomic mass is 9.87. The van der Waals surface area contributed by atoms with Crippen LogP contribution in [0.4, 0.5) is 0 Å². The summed E-state index contributed by atoms with van der Waals surface area (Å²) in [6, 6.07) is 20.4. The number of rotatable bonds is 15. The SMILES string of the molecule is C/C=C\C[C@@H]1O[C@@H]2C[C@@H]3OCC=C(C)[C@H]3O[C@H]2C[C@H]1OC(=O)C[C@H]1O[C@H]2C[C@@H](OCc3ccccc3)[C@H](CCOCc3ccccc3)O[C@@H]2C[C@@H]1O[Si](C)(C)C(C)(C)C. The van der Waals surface area contributed by atoms with Crippen molar-refractivity contribution in [1.29, 1.82) is 0 Å². The number of carbonyl (C=O) groups excluding carboxylic acids is 1. The van der Waals surface area contributed by atoms with Gasteiger partial charge in [-0.3, -0.25) is 4.79 Å². The lowest BCUT2D eigenvalue weighted by Crippen LogP contribution is -2.59. The highest BCUT2D eigenvalue weighted by molar-refractivity contribution is 6.74. The molecule has 2 aromatic carbocycles. The van der Waals surface area contributed by atoms with Gasteiger partial charge in [0.1, 0.15) is 12.2 Å². The van der Waals surface area contributed by atoms with E-state index >= 15 is 0 Å². The van der Waals surface area contributed by atoms with Gasteiger partial charge >= 0.3 is 5.97 Å². The molecular formula is C48H68O10Si. The van der Waals surface area contributed by atoms with Gasteiger partial charge in [-0.05, 0) is 61.5 Å². The largest absolute Gasteiger partial charge is 0.459 e. The van der Waals surface area contributed by atoms with Gasteiger partial charge in [0, 0.05) is 32.3 Å². The van der Waals surface area contributed by atoms with Gasteiger partial charge in [0.25, 0.3) is 0 Å². The van der Waals surface area contributed by atoms with Gasteiger partial charge in [-0.1, -0.05) is 99.7 Å². The first-order valence-corrected chi connectivity index (χ1v) is 24.9. The molecule has 0 aromatic heterocycles. The molecule has 5 aliphatic heterocycles. The minimum absolute atomic E-state index is 0.0248. The van der Waals surface area contributed by atoms with Crippen LogP contribution in [0.3, 0.4) is 0 Å². The van der Waals surface area contributed by atoms with E-state index in [4.69, 9.17) is 42.3 Å². The summed E-state index contributed by atoms with van der Waals surface area (Å²) in [4.78, 5) is 14.2. The molecule has 59 heavy (non-hydrogen) atoms. The van der Waals surface area contributed by atoms with E-state index in [1.165, 1.54) is 5.57 Å². The number of hydrogen-bond acceptors (Lipinski definition) is 10. The quantitative estimate of drug-likeness (QED) is 0.0750. The molecule has 0 radical (unpaired) electrons. The summed E-state index contributed by atoms with van der Waals surface area (Å²) in [5, 5.41) is -0.0384. The summed E-state index contributed by atoms with van der Waals surface area (Å²) >= 11 is 0. The molecule has 0 N–H and O–H groups in total. The van der Waals surface area contributed by atoms with Crippen LogP contribution in [0.1, 0.15) is 90.7 Å². The van der Waals surface area contributed by atoms with Crippen molar-refractivity contribution in [1.82, 2.24) is 0 Å². The predicted octanol–water partition coefficient (Wildman–Crippen LogP) is 8.81. The van der Waals surface area contributed by atoms with Crippen LogP contribution >= 0.6 is 0 Å². The average molecular weight is 833 g/mol. The summed E-state index contributed by atoms with van der Waals surface area (Å²) in [6.07, 6.45) is 7.27. The van der Waals surface area contributed by atoms with Crippen LogP contribution in [0.25, 0.3) is 0 Å². The maximum atomic E-state index is 14.2. The van der Waals surface area contributed by atoms with E-state index in [0.717, 1.165) is 17.5 Å². The third-order valence-corrected chi connectivity index (χ3v) is 17.8. The van der Waals surface area contributed by atoms with E-state index in [2.05, 4.69) is 77.2 Å². The lowest BCUT2D eigenvalue weighted by Gasteiger charge is -2.50. The highest BCUT2D eigenvalue weighted by Crippen LogP contribution is 2.43. The van der Waals surface area contributed by atoms with Gasteiger partial charge in [-0.2, -0.15) is 0 Å². The van der Waals surface area contributed by atoms with E-state index in [9.17, 15) is 4.79 Å². The third-order valence-electron chi connectivity index (χ3n) is 13.3. The Kier molecular flexibility index (Phi) is 15.0. The number of esters is 1. The normalized spacial score (nSPS) is 33.7. The van der Waals surface area contributed by atoms with Gasteiger partial charge in [0.2, 0.25) is 0 Å². The summed E-state index contributed by atoms with van der Waals surface area (Å²) in [7, 11) is -2.28. The van der Waals surface area contributed by atoms with Crippen molar-refractivity contribution < 1.29 is 47.1 Å². The van der Waals surface area contributed by atoms with Crippen molar-refractivity contribution in [2.45, 2.75) is 184 Å². The Hall–Kier alpha value is -2.71. The highest BCUT2D eigenvalue weighted by Gasteiger charge is 2.51. The second-order valence-electron chi connectivity index (χ2n) is 18.6. The molecule has 4 fully saturated rings. The minimum atomic E-state index is -2.28. The van der Waals surface area contributed by atoms with Crippen molar-refractivity contribution in [3.8, 4) is 0 Å². The van der Waals surface area contributed by atoms with Gasteiger partial charge in [0.15, 0.2) is 8.32 Å². The molecule has 0 spiro atoms. The van der Waals surface area contributed by atoms with E-state index in [0.29, 0.717) is 58.5 Å². The Bertz CT molecular complexity index is 1690. The molecule has 7 rings (SSSR count). The van der Waals surface area contributed by atoms with Crippen LogP contribution in [0.15, 0.2) is 84.5 Å². The number of hydrogen-bond donors (Lipinski definition) is 0. The molecule has 0 bridgehead atoms. The summed E-state index contributed by atoms with van der Waals surface area (Å²) in [5.41, 5.74) is 3.43. The van der Waals surface area contributed by atoms with Gasteiger partial charge in [-0.15, -0.1) is 0 Å². The Morgan fingerprint density at radius 2 is 1.37 bits per heavy atom. The molecule has 10 nitrogen and oxygen atoms in total. The Morgan fingerprint density at radius 3 is 2.07 bits per heavy atom. The van der Waals surface area contributed by atoms with Crippen LogP contribution in [-0.4, -0.2) is 101 Å². The first-order valence-electron chi connectivity index (χ1n) is 22.0. The van der Waals surface area contributed by atoms with Gasteiger partial charge in [0.05, 0.1) is 87.3 Å². The molecule has 5 heterocycles. The molecule has 11 heteroatoms. The average Bonchev–Trinajstić information content (AvgIpc) is 3.21. The van der Waals surface area contributed by atoms with Crippen molar-refractivity contribution in [3.05, 3.63) is 95.6 Å². The van der Waals surface area contributed by atoms with Gasteiger partial charge in [-0.25, -0.2) is 0 Å². The minimum Gasteiger partial charge on any atom is -0.459 e. The topological polar surface area (TPSA) is 100 Å². The maximum absolute atomic E-state index is 14.2. The predicted molar refractivity (Wildman–Crippen MR) is 228 cm³/mol. The number of ether oxygens (including phenoxy) is 8. The first-order chi connectivity index (χ1) is 28.4. The second-order valence-corrected chi connectivity index (χ2v) is 23.4. The van der Waals surface area contributed by atoms with Gasteiger partial charge < -0.3 is 42.3 Å². The van der Waals surface area contributed by atoms with Crippen LogP contribution < -0.4 is 0 Å². The zero-order valence-electron chi connectivity index (χ0n) is 36.3. The highest BCUT2D eigenvalue weighted by atomic mass is 28.4. The summed E-state index contributed by atoms with van der Waals surface area (Å²) in [5.74, 6) is -0.317. The lowest BCUT2D eigenvalue weighted by molar-refractivity contribution is -0.257. The molecule has 2 aromatic rings. The zero-order chi connectivity index (χ0) is 41.6. The molecule has 324 valence electrons. The van der Waals surface area contributed by atoms with Crippen LogP contribution in [0, 0.1) is 0 Å². The molecular weight excluding hydrogens is 765 g/mol. The van der Waals surface area contributed by atoms with Crippen LogP contribution in [-0.2, 0) is 60.3 Å².